The summed E-state index contributed by atoms with van der Waals surface area (Å²) in [7, 11) is 0. The summed E-state index contributed by atoms with van der Waals surface area (Å²) in [5.41, 5.74) is 1.64. The number of aromatic nitrogens is 2. The highest BCUT2D eigenvalue weighted by Crippen LogP contribution is 2.27. The van der Waals surface area contributed by atoms with Gasteiger partial charge in [-0.25, -0.2) is 13.9 Å². The Hall–Kier alpha value is -2.67. The number of hydrogen-bond acceptors (Lipinski definition) is 3. The predicted octanol–water partition coefficient (Wildman–Crippen LogP) is 5.05. The Balaban J connectivity index is 1.54. The Kier molecular flexibility index (Phi) is 7.04. The molecule has 1 atom stereocenters. The van der Waals surface area contributed by atoms with Gasteiger partial charge >= 0.3 is 6.03 Å². The molecule has 2 amide bonds. The van der Waals surface area contributed by atoms with Crippen LogP contribution in [0.4, 0.5) is 20.7 Å². The highest BCUT2D eigenvalue weighted by atomic mass is 19.1. The van der Waals surface area contributed by atoms with E-state index >= 15 is 0 Å². The van der Waals surface area contributed by atoms with Gasteiger partial charge in [-0.05, 0) is 57.7 Å². The lowest BCUT2D eigenvalue weighted by molar-refractivity contribution is 0.134. The fraction of sp³-hybridized carbons (Fsp3) is 0.455. The number of nitrogens with zero attached hydrogens (tertiary/aromatic N) is 3. The highest BCUT2D eigenvalue weighted by molar-refractivity contribution is 5.99. The van der Waals surface area contributed by atoms with Gasteiger partial charge in [0.15, 0.2) is 0 Å². The molecule has 2 aromatic rings. The van der Waals surface area contributed by atoms with Crippen LogP contribution in [-0.2, 0) is 0 Å². The standard InChI is InChI=1S/C22H30FN5O/c1-16(2)7-8-17(3)27-13-10-20(11-14-27)28-21(9-12-24-28)26-22(29)25-19-6-4-5-18(23)15-19/h4-6,9,12,15,17,20H,1,7-8,10-11,13-14H2,2-3H3,(H2,25,26,29). The van der Waals surface area contributed by atoms with Crippen molar-refractivity contribution in [3.8, 4) is 0 Å². The zero-order valence-corrected chi connectivity index (χ0v) is 17.2. The van der Waals surface area contributed by atoms with Crippen LogP contribution < -0.4 is 10.6 Å². The fourth-order valence-electron chi connectivity index (χ4n) is 3.76. The number of allylic oxidation sites excluding steroid dienone is 1. The first-order valence-corrected chi connectivity index (χ1v) is 10.2. The van der Waals surface area contributed by atoms with Gasteiger partial charge in [0.2, 0.25) is 0 Å². The SMILES string of the molecule is C=C(C)CCC(C)N1CCC(n2nccc2NC(=O)Nc2cccc(F)c2)CC1. The molecule has 0 saturated carbocycles. The number of amides is 2. The number of urea groups is 1. The van der Waals surface area contributed by atoms with Gasteiger partial charge in [-0.3, -0.25) is 5.32 Å². The van der Waals surface area contributed by atoms with E-state index in [9.17, 15) is 9.18 Å². The molecule has 2 heterocycles. The summed E-state index contributed by atoms with van der Waals surface area (Å²) >= 11 is 0. The van der Waals surface area contributed by atoms with Crippen LogP contribution in [0.3, 0.4) is 0 Å². The number of anilines is 2. The van der Waals surface area contributed by atoms with Crippen LogP contribution in [-0.4, -0.2) is 39.8 Å². The second-order valence-electron chi connectivity index (χ2n) is 7.86. The molecule has 0 aliphatic carbocycles. The molecule has 1 aromatic heterocycles. The van der Waals surface area contributed by atoms with E-state index in [1.807, 2.05) is 4.68 Å². The first-order chi connectivity index (χ1) is 13.9. The Morgan fingerprint density at radius 1 is 1.31 bits per heavy atom. The van der Waals surface area contributed by atoms with Crippen LogP contribution in [0.2, 0.25) is 0 Å². The maximum Gasteiger partial charge on any atom is 0.324 e. The minimum Gasteiger partial charge on any atom is -0.308 e. The molecule has 1 aliphatic rings. The predicted molar refractivity (Wildman–Crippen MR) is 115 cm³/mol. The summed E-state index contributed by atoms with van der Waals surface area (Å²) in [5, 5.41) is 9.90. The lowest BCUT2D eigenvalue weighted by Gasteiger charge is -2.36. The molecule has 1 unspecified atom stereocenters. The molecular formula is C22H30FN5O. The molecule has 7 heteroatoms. The molecule has 2 N–H and O–H groups in total. The number of likely N-dealkylation sites (tertiary alicyclic amines) is 1. The Bertz CT molecular complexity index is 841. The van der Waals surface area contributed by atoms with Crippen molar-refractivity contribution in [3.05, 3.63) is 54.5 Å². The van der Waals surface area contributed by atoms with Crippen molar-refractivity contribution in [2.75, 3.05) is 23.7 Å². The van der Waals surface area contributed by atoms with Gasteiger partial charge in [-0.15, -0.1) is 6.58 Å². The molecule has 1 aliphatic heterocycles. The van der Waals surface area contributed by atoms with E-state index in [0.717, 1.165) is 38.8 Å². The molecule has 3 rings (SSSR count). The lowest BCUT2D eigenvalue weighted by atomic mass is 10.0. The molecule has 156 valence electrons. The summed E-state index contributed by atoms with van der Waals surface area (Å²) in [6, 6.07) is 7.98. The van der Waals surface area contributed by atoms with Crippen molar-refractivity contribution in [3.63, 3.8) is 0 Å². The Labute approximate surface area is 171 Å². The van der Waals surface area contributed by atoms with Crippen LogP contribution >= 0.6 is 0 Å². The van der Waals surface area contributed by atoms with Gasteiger partial charge in [0, 0.05) is 30.9 Å². The molecule has 6 nitrogen and oxygen atoms in total. The maximum atomic E-state index is 13.3. The fourth-order valence-corrected chi connectivity index (χ4v) is 3.76. The molecule has 1 fully saturated rings. The number of halogens is 1. The molecule has 1 aromatic carbocycles. The van der Waals surface area contributed by atoms with E-state index in [1.54, 1.807) is 24.4 Å². The third kappa shape index (κ3) is 5.90. The van der Waals surface area contributed by atoms with Crippen LogP contribution in [0.25, 0.3) is 0 Å². The van der Waals surface area contributed by atoms with E-state index in [1.165, 1.54) is 17.7 Å². The van der Waals surface area contributed by atoms with Crippen LogP contribution in [0.15, 0.2) is 48.7 Å². The third-order valence-corrected chi connectivity index (χ3v) is 5.45. The van der Waals surface area contributed by atoms with E-state index < -0.39 is 11.8 Å². The number of hydrogen-bond donors (Lipinski definition) is 2. The van der Waals surface area contributed by atoms with Gasteiger partial charge in [-0.1, -0.05) is 11.6 Å². The number of carbonyl (C=O) groups excluding carboxylic acids is 1. The summed E-state index contributed by atoms with van der Waals surface area (Å²) in [6.07, 6.45) is 5.86. The van der Waals surface area contributed by atoms with Gasteiger partial charge in [0.25, 0.3) is 0 Å². The number of benzene rings is 1. The van der Waals surface area contributed by atoms with Crippen LogP contribution in [0.1, 0.15) is 45.6 Å². The highest BCUT2D eigenvalue weighted by Gasteiger charge is 2.25. The van der Waals surface area contributed by atoms with Gasteiger partial charge in [0.1, 0.15) is 11.6 Å². The summed E-state index contributed by atoms with van der Waals surface area (Å²) in [4.78, 5) is 14.8. The molecule has 29 heavy (non-hydrogen) atoms. The quantitative estimate of drug-likeness (QED) is 0.641. The Morgan fingerprint density at radius 3 is 2.76 bits per heavy atom. The molecule has 0 radical (unpaired) electrons. The monoisotopic (exact) mass is 399 g/mol. The molecule has 0 spiro atoms. The van der Waals surface area contributed by atoms with Crippen LogP contribution in [0.5, 0.6) is 0 Å². The average molecular weight is 400 g/mol. The Morgan fingerprint density at radius 2 is 2.07 bits per heavy atom. The number of rotatable bonds is 7. The van der Waals surface area contributed by atoms with Gasteiger partial charge in [-0.2, -0.15) is 5.10 Å². The lowest BCUT2D eigenvalue weighted by Crippen LogP contribution is -2.40. The largest absolute Gasteiger partial charge is 0.324 e. The van der Waals surface area contributed by atoms with Crippen molar-refractivity contribution in [1.29, 1.82) is 0 Å². The third-order valence-electron chi connectivity index (χ3n) is 5.45. The smallest absolute Gasteiger partial charge is 0.308 e. The zero-order chi connectivity index (χ0) is 20.8. The van der Waals surface area contributed by atoms with E-state index in [4.69, 9.17) is 0 Å². The normalized spacial score (nSPS) is 16.4. The summed E-state index contributed by atoms with van der Waals surface area (Å²) < 4.78 is 15.2. The topological polar surface area (TPSA) is 62.2 Å². The second-order valence-corrected chi connectivity index (χ2v) is 7.86. The number of piperidine rings is 1. The molecule has 0 bridgehead atoms. The average Bonchev–Trinajstić information content (AvgIpc) is 3.14. The maximum absolute atomic E-state index is 13.3. The first kappa shape index (κ1) is 21.0. The first-order valence-electron chi connectivity index (χ1n) is 10.2. The summed E-state index contributed by atoms with van der Waals surface area (Å²) in [5.74, 6) is 0.254. The van der Waals surface area contributed by atoms with Gasteiger partial charge < -0.3 is 10.2 Å². The van der Waals surface area contributed by atoms with E-state index in [-0.39, 0.29) is 6.04 Å². The minimum absolute atomic E-state index is 0.249. The van der Waals surface area contributed by atoms with Crippen molar-refractivity contribution in [2.24, 2.45) is 0 Å². The van der Waals surface area contributed by atoms with E-state index in [0.29, 0.717) is 17.5 Å². The second kappa shape index (κ2) is 9.69. The van der Waals surface area contributed by atoms with Crippen molar-refractivity contribution < 1.29 is 9.18 Å². The molecular weight excluding hydrogens is 369 g/mol. The van der Waals surface area contributed by atoms with Gasteiger partial charge in [0.05, 0.1) is 12.2 Å². The van der Waals surface area contributed by atoms with Crippen molar-refractivity contribution in [2.45, 2.75) is 51.6 Å². The number of carbonyl (C=O) groups is 1. The minimum atomic E-state index is -0.414. The summed E-state index contributed by atoms with van der Waals surface area (Å²) in [6.45, 7) is 10.4. The van der Waals surface area contributed by atoms with Crippen molar-refractivity contribution >= 4 is 17.5 Å². The van der Waals surface area contributed by atoms with E-state index in [2.05, 4.69) is 41.1 Å². The number of nitrogens with one attached hydrogen (secondary N) is 2. The van der Waals surface area contributed by atoms with Crippen molar-refractivity contribution in [1.82, 2.24) is 14.7 Å². The molecule has 1 saturated heterocycles. The van der Waals surface area contributed by atoms with Crippen LogP contribution in [0, 0.1) is 5.82 Å². The zero-order valence-electron chi connectivity index (χ0n) is 17.2.